The van der Waals surface area contributed by atoms with Crippen molar-refractivity contribution < 1.29 is 14.4 Å². The summed E-state index contributed by atoms with van der Waals surface area (Å²) >= 11 is 1.21. The lowest BCUT2D eigenvalue weighted by Gasteiger charge is -2.20. The molecular weight excluding hydrogens is 350 g/mol. The first-order valence-corrected chi connectivity index (χ1v) is 9.70. The van der Waals surface area contributed by atoms with Crippen LogP contribution >= 0.6 is 11.8 Å². The first kappa shape index (κ1) is 20.0. The van der Waals surface area contributed by atoms with E-state index in [0.717, 1.165) is 28.6 Å². The summed E-state index contributed by atoms with van der Waals surface area (Å²) in [7, 11) is 0. The van der Waals surface area contributed by atoms with Crippen molar-refractivity contribution in [2.24, 2.45) is 0 Å². The van der Waals surface area contributed by atoms with Gasteiger partial charge in [0.15, 0.2) is 0 Å². The van der Waals surface area contributed by atoms with Crippen LogP contribution in [0.5, 0.6) is 0 Å². The second kappa shape index (κ2) is 9.43. The number of aromatic nitrogens is 1. The molecule has 1 aromatic carbocycles. The van der Waals surface area contributed by atoms with Gasteiger partial charge in [0.2, 0.25) is 16.9 Å². The number of nitrogens with one attached hydrogen (secondary N) is 3. The molecule has 0 aliphatic heterocycles. The molecule has 0 bridgehead atoms. The van der Waals surface area contributed by atoms with Gasteiger partial charge in [-0.25, -0.2) is 0 Å². The summed E-state index contributed by atoms with van der Waals surface area (Å²) < 4.78 is 0. The Balaban J connectivity index is 2.09. The minimum Gasteiger partial charge on any atom is -0.361 e. The Kier molecular flexibility index (Phi) is 7.26. The number of thioether (sulfide) groups is 1. The predicted molar refractivity (Wildman–Crippen MR) is 105 cm³/mol. The second-order valence-electron chi connectivity index (χ2n) is 6.21. The fourth-order valence-corrected chi connectivity index (χ4v) is 3.39. The molecule has 0 spiro atoms. The van der Waals surface area contributed by atoms with Gasteiger partial charge in [-0.2, -0.15) is 0 Å². The van der Waals surface area contributed by atoms with Gasteiger partial charge in [-0.15, -0.1) is 0 Å². The Morgan fingerprint density at radius 3 is 2.62 bits per heavy atom. The molecule has 0 unspecified atom stereocenters. The van der Waals surface area contributed by atoms with Gasteiger partial charge in [0.25, 0.3) is 0 Å². The molecule has 0 aliphatic carbocycles. The Hall–Kier alpha value is -2.28. The van der Waals surface area contributed by atoms with E-state index in [-0.39, 0.29) is 16.9 Å². The molecule has 2 rings (SSSR count). The molecule has 1 heterocycles. The van der Waals surface area contributed by atoms with Gasteiger partial charge < -0.3 is 15.6 Å². The number of amides is 2. The van der Waals surface area contributed by atoms with Gasteiger partial charge in [-0.1, -0.05) is 36.9 Å². The molecule has 2 aromatic rings. The molecule has 3 N–H and O–H groups in total. The van der Waals surface area contributed by atoms with Crippen molar-refractivity contribution in [1.82, 2.24) is 15.6 Å². The molecule has 0 aliphatic rings. The van der Waals surface area contributed by atoms with E-state index in [9.17, 15) is 14.4 Å². The maximum Gasteiger partial charge on any atom is 0.243 e. The van der Waals surface area contributed by atoms with Crippen molar-refractivity contribution in [1.29, 1.82) is 0 Å². The zero-order chi connectivity index (χ0) is 19.1. The van der Waals surface area contributed by atoms with Crippen LogP contribution in [0.25, 0.3) is 10.9 Å². The normalized spacial score (nSPS) is 13.2. The van der Waals surface area contributed by atoms with E-state index in [1.165, 1.54) is 18.7 Å². The molecule has 0 saturated heterocycles. The summed E-state index contributed by atoms with van der Waals surface area (Å²) in [5, 5.41) is 6.34. The van der Waals surface area contributed by atoms with Crippen LogP contribution in [0.15, 0.2) is 30.5 Å². The van der Waals surface area contributed by atoms with Crippen molar-refractivity contribution in [3.8, 4) is 0 Å². The van der Waals surface area contributed by atoms with E-state index in [1.807, 2.05) is 37.4 Å². The third-order valence-electron chi connectivity index (χ3n) is 3.95. The smallest absolute Gasteiger partial charge is 0.243 e. The molecule has 7 heteroatoms. The molecule has 1 aromatic heterocycles. The molecule has 0 radical (unpaired) electrons. The summed E-state index contributed by atoms with van der Waals surface area (Å²) in [5.74, 6) is 0.0801. The van der Waals surface area contributed by atoms with Crippen LogP contribution in [-0.2, 0) is 20.8 Å². The molecular formula is C19H25N3O3S. The van der Waals surface area contributed by atoms with Gasteiger partial charge in [-0.05, 0) is 25.0 Å². The largest absolute Gasteiger partial charge is 0.361 e. The number of benzene rings is 1. The van der Waals surface area contributed by atoms with Gasteiger partial charge >= 0.3 is 0 Å². The Bertz CT molecular complexity index is 787. The van der Waals surface area contributed by atoms with E-state index in [0.29, 0.717) is 6.42 Å². The number of para-hydroxylation sites is 1. The highest BCUT2D eigenvalue weighted by Gasteiger charge is 2.24. The highest BCUT2D eigenvalue weighted by Crippen LogP contribution is 2.19. The minimum absolute atomic E-state index is 0.0751. The molecule has 0 saturated carbocycles. The first-order chi connectivity index (χ1) is 12.4. The van der Waals surface area contributed by atoms with Crippen LogP contribution in [0, 0.1) is 0 Å². The van der Waals surface area contributed by atoms with Crippen LogP contribution in [0.4, 0.5) is 0 Å². The number of hydrogen-bond donors (Lipinski definition) is 3. The van der Waals surface area contributed by atoms with Gasteiger partial charge in [0.1, 0.15) is 6.04 Å². The maximum absolute atomic E-state index is 12.6. The number of carbonyl (C=O) groups is 3. The van der Waals surface area contributed by atoms with E-state index < -0.39 is 12.1 Å². The van der Waals surface area contributed by atoms with Gasteiger partial charge in [-0.3, -0.25) is 14.4 Å². The predicted octanol–water partition coefficient (Wildman–Crippen LogP) is 2.39. The monoisotopic (exact) mass is 375 g/mol. The Labute approximate surface area is 157 Å². The number of H-pyrrole nitrogens is 1. The van der Waals surface area contributed by atoms with Crippen LogP contribution in [0.1, 0.15) is 32.8 Å². The zero-order valence-electron chi connectivity index (χ0n) is 15.3. The fourth-order valence-electron chi connectivity index (χ4n) is 2.68. The highest BCUT2D eigenvalue weighted by molar-refractivity contribution is 8.13. The lowest BCUT2D eigenvalue weighted by molar-refractivity contribution is -0.129. The van der Waals surface area contributed by atoms with Gasteiger partial charge in [0, 0.05) is 36.2 Å². The lowest BCUT2D eigenvalue weighted by Crippen LogP contribution is -2.51. The summed E-state index contributed by atoms with van der Waals surface area (Å²) in [6.07, 6.45) is 3.09. The third kappa shape index (κ3) is 5.36. The van der Waals surface area contributed by atoms with Gasteiger partial charge in [0.05, 0.1) is 6.04 Å². The molecule has 6 nitrogen and oxygen atoms in total. The van der Waals surface area contributed by atoms with Crippen LogP contribution in [-0.4, -0.2) is 39.8 Å². The molecule has 26 heavy (non-hydrogen) atoms. The Morgan fingerprint density at radius 1 is 1.19 bits per heavy atom. The number of aromatic amines is 1. The fraction of sp³-hybridized carbons (Fsp3) is 0.421. The molecule has 140 valence electrons. The van der Waals surface area contributed by atoms with E-state index >= 15 is 0 Å². The Morgan fingerprint density at radius 2 is 1.92 bits per heavy atom. The quantitative estimate of drug-likeness (QED) is 0.661. The highest BCUT2D eigenvalue weighted by atomic mass is 32.2. The minimum atomic E-state index is -0.738. The third-order valence-corrected chi connectivity index (χ3v) is 5.20. The van der Waals surface area contributed by atoms with Crippen molar-refractivity contribution in [3.05, 3.63) is 36.0 Å². The summed E-state index contributed by atoms with van der Waals surface area (Å²) in [5.41, 5.74) is 1.91. The second-order valence-corrected chi connectivity index (χ2v) is 7.31. The van der Waals surface area contributed by atoms with Crippen LogP contribution < -0.4 is 10.6 Å². The number of fused-ring (bicyclic) bond motifs is 1. The maximum atomic E-state index is 12.6. The van der Waals surface area contributed by atoms with Crippen LogP contribution in [0.2, 0.25) is 0 Å². The topological polar surface area (TPSA) is 91.1 Å². The van der Waals surface area contributed by atoms with E-state index in [4.69, 9.17) is 0 Å². The molecule has 2 atom stereocenters. The van der Waals surface area contributed by atoms with Crippen molar-refractivity contribution in [3.63, 3.8) is 0 Å². The first-order valence-electron chi connectivity index (χ1n) is 8.71. The summed E-state index contributed by atoms with van der Waals surface area (Å²) in [6, 6.07) is 6.45. The summed E-state index contributed by atoms with van der Waals surface area (Å²) in [4.78, 5) is 39.4. The van der Waals surface area contributed by atoms with Crippen molar-refractivity contribution >= 4 is 39.6 Å². The number of carbonyl (C=O) groups excluding carboxylic acids is 3. The lowest BCUT2D eigenvalue weighted by atomic mass is 10.0. The van der Waals surface area contributed by atoms with Crippen molar-refractivity contribution in [2.45, 2.75) is 45.7 Å². The average molecular weight is 375 g/mol. The number of hydrogen-bond acceptors (Lipinski definition) is 4. The SMILES string of the molecule is CCCSC(=O)[C@H](C)NC(=O)[C@H](Cc1c[nH]c2ccccc12)NC(C)=O. The molecule has 0 fully saturated rings. The van der Waals surface area contributed by atoms with Crippen LogP contribution in [0.3, 0.4) is 0 Å². The van der Waals surface area contributed by atoms with Crippen molar-refractivity contribution in [2.75, 3.05) is 5.75 Å². The summed E-state index contributed by atoms with van der Waals surface area (Å²) in [6.45, 7) is 5.04. The standard InChI is InChI=1S/C19H25N3O3S/c1-4-9-26-19(25)12(2)21-18(24)17(22-13(3)23)10-14-11-20-16-8-6-5-7-15(14)16/h5-8,11-12,17,20H,4,9-10H2,1-3H3,(H,21,24)(H,22,23)/t12-,17-/m0/s1. The molecule has 2 amide bonds. The van der Waals surface area contributed by atoms with E-state index in [1.54, 1.807) is 6.92 Å². The average Bonchev–Trinajstić information content (AvgIpc) is 3.01. The van der Waals surface area contributed by atoms with E-state index in [2.05, 4.69) is 15.6 Å². The number of rotatable bonds is 8. The zero-order valence-corrected chi connectivity index (χ0v) is 16.1.